The first-order valence-electron chi connectivity index (χ1n) is 18.0. The second-order valence-electron chi connectivity index (χ2n) is 15.2. The van der Waals surface area contributed by atoms with Crippen LogP contribution in [0.5, 0.6) is 0 Å². The van der Waals surface area contributed by atoms with Crippen molar-refractivity contribution in [1.82, 2.24) is 0 Å². The zero-order chi connectivity index (χ0) is 34.8. The second-order valence-corrected chi connectivity index (χ2v) is 23.8. The molecule has 1 saturated heterocycles. The lowest BCUT2D eigenvalue weighted by Gasteiger charge is -2.44. The molecule has 0 N–H and O–H groups in total. The van der Waals surface area contributed by atoms with Gasteiger partial charge in [0, 0.05) is 13.2 Å². The molecule has 0 aromatic heterocycles. The first kappa shape index (κ1) is 37.2. The second kappa shape index (κ2) is 16.7. The monoisotopic (exact) mass is 692 g/mol. The number of hydrogen-bond donors (Lipinski definition) is 0. The van der Waals surface area contributed by atoms with Crippen LogP contribution >= 0.6 is 0 Å². The number of hydrogen-bond acceptors (Lipinski definition) is 4. The average molecular weight is 693 g/mol. The molecule has 1 atom stereocenters. The Morgan fingerprint density at radius 1 is 0.633 bits per heavy atom. The van der Waals surface area contributed by atoms with Crippen molar-refractivity contribution in [3.8, 4) is 0 Å². The van der Waals surface area contributed by atoms with Crippen LogP contribution in [0, 0.1) is 0 Å². The van der Waals surface area contributed by atoms with Crippen LogP contribution in [0.2, 0.25) is 10.1 Å². The van der Waals surface area contributed by atoms with Gasteiger partial charge in [-0.15, -0.1) is 0 Å². The minimum atomic E-state index is -2.73. The van der Waals surface area contributed by atoms with Crippen LogP contribution in [0.3, 0.4) is 0 Å². The first-order valence-corrected chi connectivity index (χ1v) is 21.8. The van der Waals surface area contributed by atoms with Crippen LogP contribution in [0.25, 0.3) is 0 Å². The summed E-state index contributed by atoms with van der Waals surface area (Å²) in [5.41, 5.74) is 1.20. The minimum Gasteiger partial charge on any atom is -0.407 e. The Labute approximate surface area is 297 Å². The number of ether oxygens (including phenoxy) is 2. The summed E-state index contributed by atoms with van der Waals surface area (Å²) in [5, 5.41) is 4.94. The number of benzene rings is 4. The van der Waals surface area contributed by atoms with Crippen molar-refractivity contribution in [2.24, 2.45) is 0 Å². The Bertz CT molecular complexity index is 1490. The van der Waals surface area contributed by atoms with E-state index in [0.29, 0.717) is 19.8 Å². The molecule has 0 aliphatic carbocycles. The lowest BCUT2D eigenvalue weighted by Crippen LogP contribution is -2.67. The van der Waals surface area contributed by atoms with Crippen LogP contribution in [0.1, 0.15) is 67.2 Å². The van der Waals surface area contributed by atoms with E-state index in [1.807, 2.05) is 0 Å². The summed E-state index contributed by atoms with van der Waals surface area (Å²) in [7, 11) is -5.41. The fourth-order valence-corrected chi connectivity index (χ4v) is 16.5. The molecule has 4 nitrogen and oxygen atoms in total. The van der Waals surface area contributed by atoms with E-state index in [9.17, 15) is 0 Å². The van der Waals surface area contributed by atoms with Crippen LogP contribution in [-0.4, -0.2) is 49.4 Å². The van der Waals surface area contributed by atoms with Crippen molar-refractivity contribution >= 4 is 37.4 Å². The van der Waals surface area contributed by atoms with E-state index < -0.39 is 16.6 Å². The quantitative estimate of drug-likeness (QED) is 0.0992. The topological polar surface area (TPSA) is 36.9 Å². The van der Waals surface area contributed by atoms with Gasteiger partial charge in [-0.1, -0.05) is 169 Å². The molecular weight excluding hydrogens is 637 g/mol. The van der Waals surface area contributed by atoms with Crippen molar-refractivity contribution in [1.29, 1.82) is 0 Å². The SMILES string of the molecule is CC(C)(C)[Si](OCC/C(=C/COC1CCCCO1)CO[Si](c1ccccc1)(c1ccccc1)C(C)(C)C)(c1ccccc1)c1ccccc1. The molecule has 4 aromatic carbocycles. The van der Waals surface area contributed by atoms with Crippen LogP contribution < -0.4 is 20.7 Å². The molecule has 49 heavy (non-hydrogen) atoms. The van der Waals surface area contributed by atoms with E-state index in [1.165, 1.54) is 26.3 Å². The smallest absolute Gasteiger partial charge is 0.261 e. The van der Waals surface area contributed by atoms with E-state index in [4.69, 9.17) is 18.3 Å². The summed E-state index contributed by atoms with van der Waals surface area (Å²) in [6, 6.07) is 43.5. The molecule has 1 fully saturated rings. The normalized spacial score (nSPS) is 16.4. The van der Waals surface area contributed by atoms with Gasteiger partial charge in [-0.25, -0.2) is 0 Å². The molecule has 0 bridgehead atoms. The van der Waals surface area contributed by atoms with Gasteiger partial charge in [-0.3, -0.25) is 0 Å². The molecule has 0 spiro atoms. The summed E-state index contributed by atoms with van der Waals surface area (Å²) in [4.78, 5) is 0. The average Bonchev–Trinajstić information content (AvgIpc) is 3.11. The molecular formula is C43H56O4Si2. The molecule has 0 amide bonds. The molecule has 4 aromatic rings. The largest absolute Gasteiger partial charge is 0.407 e. The lowest BCUT2D eigenvalue weighted by molar-refractivity contribution is -0.155. The summed E-state index contributed by atoms with van der Waals surface area (Å²) in [5.74, 6) is 0. The van der Waals surface area contributed by atoms with Crippen molar-refractivity contribution in [2.75, 3.05) is 26.4 Å². The maximum atomic E-state index is 7.43. The van der Waals surface area contributed by atoms with Crippen LogP contribution in [0.15, 0.2) is 133 Å². The van der Waals surface area contributed by atoms with Gasteiger partial charge in [0.25, 0.3) is 16.6 Å². The highest BCUT2D eigenvalue weighted by molar-refractivity contribution is 7.00. The van der Waals surface area contributed by atoms with Gasteiger partial charge < -0.3 is 18.3 Å². The standard InChI is InChI=1S/C43H56O4Si2/c1-42(2,3)48(37-21-11-7-12-22-37,38-23-13-8-14-24-38)46-34-31-36(30-33-45-41-29-19-20-32-44-41)35-47-49(43(4,5)6,39-25-15-9-16-26-39)40-27-17-10-18-28-40/h7-18,21-28,30,41H,19-20,29,31-35H2,1-6H3/b36-30-. The Hall–Kier alpha value is -3.11. The molecule has 260 valence electrons. The van der Waals surface area contributed by atoms with Crippen molar-refractivity contribution in [3.63, 3.8) is 0 Å². The van der Waals surface area contributed by atoms with Gasteiger partial charge in [-0.05, 0) is 62.1 Å². The van der Waals surface area contributed by atoms with Crippen molar-refractivity contribution in [3.05, 3.63) is 133 Å². The van der Waals surface area contributed by atoms with E-state index in [2.05, 4.69) is 169 Å². The fraction of sp³-hybridized carbons (Fsp3) is 0.395. The Morgan fingerprint density at radius 2 is 1.06 bits per heavy atom. The van der Waals surface area contributed by atoms with Crippen molar-refractivity contribution in [2.45, 2.75) is 83.6 Å². The molecule has 1 aliphatic rings. The first-order chi connectivity index (χ1) is 23.6. The predicted molar refractivity (Wildman–Crippen MR) is 209 cm³/mol. The minimum absolute atomic E-state index is 0.0908. The molecule has 1 aliphatic heterocycles. The maximum absolute atomic E-state index is 7.43. The van der Waals surface area contributed by atoms with E-state index in [1.54, 1.807) is 0 Å². The highest BCUT2D eigenvalue weighted by atomic mass is 28.4. The third kappa shape index (κ3) is 8.62. The summed E-state index contributed by atoms with van der Waals surface area (Å²) in [6.07, 6.45) is 6.02. The fourth-order valence-electron chi connectivity index (χ4n) is 7.41. The Kier molecular flexibility index (Phi) is 12.7. The summed E-state index contributed by atoms with van der Waals surface area (Å²) < 4.78 is 26.9. The van der Waals surface area contributed by atoms with Gasteiger partial charge in [0.05, 0.1) is 13.2 Å². The number of rotatable bonds is 14. The van der Waals surface area contributed by atoms with E-state index in [-0.39, 0.29) is 16.4 Å². The van der Waals surface area contributed by atoms with E-state index >= 15 is 0 Å². The van der Waals surface area contributed by atoms with Gasteiger partial charge >= 0.3 is 0 Å². The molecule has 6 heteroatoms. The maximum Gasteiger partial charge on any atom is 0.261 e. The highest BCUT2D eigenvalue weighted by Gasteiger charge is 2.51. The zero-order valence-electron chi connectivity index (χ0n) is 30.5. The molecule has 0 radical (unpaired) electrons. The van der Waals surface area contributed by atoms with Gasteiger partial charge in [0.1, 0.15) is 0 Å². The summed E-state index contributed by atoms with van der Waals surface area (Å²) >= 11 is 0. The zero-order valence-corrected chi connectivity index (χ0v) is 32.5. The molecule has 1 heterocycles. The van der Waals surface area contributed by atoms with Crippen LogP contribution in [0.4, 0.5) is 0 Å². The Morgan fingerprint density at radius 3 is 1.45 bits per heavy atom. The van der Waals surface area contributed by atoms with Gasteiger partial charge in [0.2, 0.25) is 0 Å². The van der Waals surface area contributed by atoms with Gasteiger partial charge in [0.15, 0.2) is 6.29 Å². The predicted octanol–water partition coefficient (Wildman–Crippen LogP) is 8.00. The molecule has 0 saturated carbocycles. The van der Waals surface area contributed by atoms with Gasteiger partial charge in [-0.2, -0.15) is 0 Å². The van der Waals surface area contributed by atoms with Crippen molar-refractivity contribution < 1.29 is 18.3 Å². The third-order valence-corrected chi connectivity index (χ3v) is 19.9. The summed E-state index contributed by atoms with van der Waals surface area (Å²) in [6.45, 7) is 16.3. The van der Waals surface area contributed by atoms with Crippen LogP contribution in [-0.2, 0) is 18.3 Å². The van der Waals surface area contributed by atoms with E-state index in [0.717, 1.165) is 32.3 Å². The molecule has 1 unspecified atom stereocenters. The third-order valence-electron chi connectivity index (χ3n) is 9.84. The highest BCUT2D eigenvalue weighted by Crippen LogP contribution is 2.38. The lowest BCUT2D eigenvalue weighted by atomic mass is 10.2. The Balaban J connectivity index is 1.47. The molecule has 5 rings (SSSR count).